The fourth-order valence-electron chi connectivity index (χ4n) is 1.98. The van der Waals surface area contributed by atoms with Crippen molar-refractivity contribution in [2.45, 2.75) is 25.2 Å². The summed E-state index contributed by atoms with van der Waals surface area (Å²) >= 11 is 0. The number of hydrogen-bond donors (Lipinski definition) is 1. The molecule has 1 aromatic heterocycles. The molecule has 1 N–H and O–H groups in total. The summed E-state index contributed by atoms with van der Waals surface area (Å²) in [6, 6.07) is 2.81. The molecular weight excluding hydrogens is 346 g/mol. The summed E-state index contributed by atoms with van der Waals surface area (Å²) in [7, 11) is 0. The van der Waals surface area contributed by atoms with E-state index >= 15 is 0 Å². The molecule has 10 heteroatoms. The molecular formula is C13H16F6N2OS. The maximum Gasteiger partial charge on any atom is 0.446 e. The number of rotatable bonds is 2. The van der Waals surface area contributed by atoms with Crippen molar-refractivity contribution in [3.63, 3.8) is 0 Å². The predicted octanol–water partition coefficient (Wildman–Crippen LogP) is 3.11. The van der Waals surface area contributed by atoms with Crippen LogP contribution < -0.4 is 5.32 Å². The largest absolute Gasteiger partial charge is 0.446 e. The molecule has 1 aliphatic rings. The van der Waals surface area contributed by atoms with Crippen molar-refractivity contribution in [1.29, 1.82) is 0 Å². The van der Waals surface area contributed by atoms with Gasteiger partial charge in [-0.3, -0.25) is 9.78 Å². The summed E-state index contributed by atoms with van der Waals surface area (Å²) in [4.78, 5) is 12.0. The molecule has 2 rings (SSSR count). The molecule has 132 valence electrons. The Kier molecular flexibility index (Phi) is 8.60. The monoisotopic (exact) mass is 362 g/mol. The number of alkyl halides is 6. The van der Waals surface area contributed by atoms with Crippen LogP contribution in [0.25, 0.3) is 0 Å². The third-order valence-electron chi connectivity index (χ3n) is 2.94. The summed E-state index contributed by atoms with van der Waals surface area (Å²) in [5, 5.41) is 3.20. The normalized spacial score (nSPS) is 17.7. The van der Waals surface area contributed by atoms with Gasteiger partial charge in [-0.2, -0.15) is 39.8 Å². The summed E-state index contributed by atoms with van der Waals surface area (Å²) in [6.45, 7) is 1.85. The van der Waals surface area contributed by atoms with Gasteiger partial charge in [-0.1, -0.05) is 0 Å². The number of halogens is 6. The van der Waals surface area contributed by atoms with Crippen molar-refractivity contribution in [1.82, 2.24) is 10.3 Å². The molecule has 0 amide bonds. The Labute approximate surface area is 135 Å². The number of aldehydes is 1. The highest BCUT2D eigenvalue weighted by molar-refractivity contribution is 7.59. The van der Waals surface area contributed by atoms with Crippen molar-refractivity contribution in [2.75, 3.05) is 13.1 Å². The first kappa shape index (κ1) is 21.7. The highest BCUT2D eigenvalue weighted by atomic mass is 32.1. The highest BCUT2D eigenvalue weighted by Gasteiger charge is 2.32. The lowest BCUT2D eigenvalue weighted by molar-refractivity contribution is -0.156. The fourth-order valence-corrected chi connectivity index (χ4v) is 1.98. The van der Waals surface area contributed by atoms with Crippen LogP contribution in [0.2, 0.25) is 0 Å². The first-order valence-corrected chi connectivity index (χ1v) is 6.37. The van der Waals surface area contributed by atoms with Crippen LogP contribution in [0.15, 0.2) is 18.3 Å². The third kappa shape index (κ3) is 8.80. The number of nitrogens with one attached hydrogen (secondary N) is 1. The molecule has 1 atom stereocenters. The van der Waals surface area contributed by atoms with Gasteiger partial charge >= 0.3 is 12.4 Å². The average molecular weight is 362 g/mol. The van der Waals surface area contributed by atoms with E-state index in [-0.39, 0.29) is 13.5 Å². The van der Waals surface area contributed by atoms with Gasteiger partial charge in [-0.15, -0.1) is 0 Å². The number of pyridine rings is 1. The van der Waals surface area contributed by atoms with Gasteiger partial charge in [0.1, 0.15) is 5.69 Å². The zero-order chi connectivity index (χ0) is 16.8. The zero-order valence-electron chi connectivity index (χ0n) is 11.8. The number of aromatic nitrogens is 1. The molecule has 0 saturated carbocycles. The van der Waals surface area contributed by atoms with Gasteiger partial charge < -0.3 is 5.32 Å². The van der Waals surface area contributed by atoms with Gasteiger partial charge in [-0.05, 0) is 49.5 Å². The molecule has 1 aliphatic heterocycles. The number of carbonyl (C=O) groups excluding carboxylic acids is 1. The van der Waals surface area contributed by atoms with Gasteiger partial charge in [0.05, 0.1) is 0 Å². The molecule has 1 saturated heterocycles. The van der Waals surface area contributed by atoms with Crippen molar-refractivity contribution in [3.05, 3.63) is 29.6 Å². The van der Waals surface area contributed by atoms with Crippen LogP contribution in [0.5, 0.6) is 0 Å². The van der Waals surface area contributed by atoms with Gasteiger partial charge in [0.15, 0.2) is 0 Å². The van der Waals surface area contributed by atoms with Crippen LogP contribution in [-0.4, -0.2) is 30.5 Å². The van der Waals surface area contributed by atoms with E-state index in [1.165, 1.54) is 6.20 Å². The van der Waals surface area contributed by atoms with E-state index in [0.29, 0.717) is 12.3 Å². The van der Waals surface area contributed by atoms with Crippen molar-refractivity contribution in [3.8, 4) is 0 Å². The van der Waals surface area contributed by atoms with Crippen LogP contribution in [0.3, 0.4) is 0 Å². The minimum atomic E-state index is -4.64. The highest BCUT2D eigenvalue weighted by Crippen LogP contribution is 2.28. The van der Waals surface area contributed by atoms with Crippen LogP contribution in [0.4, 0.5) is 26.3 Å². The topological polar surface area (TPSA) is 42.0 Å². The van der Waals surface area contributed by atoms with Gasteiger partial charge in [0.25, 0.3) is 0 Å². The SMILES string of the molecule is FC(F)(F)c1cc(C[C@H]2CCNC2)ccn1.O=CC(F)(F)F.S. The van der Waals surface area contributed by atoms with Crippen LogP contribution in [0.1, 0.15) is 17.7 Å². The second-order valence-corrected chi connectivity index (χ2v) is 4.77. The van der Waals surface area contributed by atoms with E-state index in [2.05, 4.69) is 10.3 Å². The first-order chi connectivity index (χ1) is 10.1. The Balaban J connectivity index is 0.000000599. The lowest BCUT2D eigenvalue weighted by Gasteiger charge is -2.10. The quantitative estimate of drug-likeness (QED) is 0.649. The Morgan fingerprint density at radius 1 is 1.26 bits per heavy atom. The summed E-state index contributed by atoms with van der Waals surface area (Å²) < 4.78 is 68.5. The fraction of sp³-hybridized carbons (Fsp3) is 0.538. The number of nitrogens with zero attached hydrogens (tertiary/aromatic N) is 1. The molecule has 0 spiro atoms. The van der Waals surface area contributed by atoms with E-state index in [0.717, 1.165) is 31.1 Å². The van der Waals surface area contributed by atoms with Crippen LogP contribution in [-0.2, 0) is 17.4 Å². The second kappa shape index (κ2) is 9.11. The molecule has 0 radical (unpaired) electrons. The first-order valence-electron chi connectivity index (χ1n) is 6.37. The minimum Gasteiger partial charge on any atom is -0.316 e. The summed E-state index contributed by atoms with van der Waals surface area (Å²) in [6.07, 6.45) is -7.08. The Morgan fingerprint density at radius 2 is 1.87 bits per heavy atom. The summed E-state index contributed by atoms with van der Waals surface area (Å²) in [5.74, 6) is 0.448. The zero-order valence-corrected chi connectivity index (χ0v) is 12.8. The van der Waals surface area contributed by atoms with Gasteiger partial charge in [0, 0.05) is 6.20 Å². The molecule has 23 heavy (non-hydrogen) atoms. The average Bonchev–Trinajstić information content (AvgIpc) is 2.91. The molecule has 3 nitrogen and oxygen atoms in total. The van der Waals surface area contributed by atoms with Crippen LogP contribution >= 0.6 is 13.5 Å². The minimum absolute atomic E-state index is 0. The molecule has 0 aliphatic carbocycles. The lowest BCUT2D eigenvalue weighted by atomic mass is 9.99. The van der Waals surface area contributed by atoms with Crippen LogP contribution in [0, 0.1) is 5.92 Å². The Hall–Kier alpha value is -1.29. The van der Waals surface area contributed by atoms with E-state index < -0.39 is 24.3 Å². The second-order valence-electron chi connectivity index (χ2n) is 4.77. The van der Waals surface area contributed by atoms with Gasteiger partial charge in [0.2, 0.25) is 6.29 Å². The van der Waals surface area contributed by atoms with Gasteiger partial charge in [-0.25, -0.2) is 0 Å². The number of carbonyl (C=O) groups is 1. The lowest BCUT2D eigenvalue weighted by Crippen LogP contribution is -2.12. The Morgan fingerprint density at radius 3 is 2.30 bits per heavy atom. The van der Waals surface area contributed by atoms with Crippen molar-refractivity contribution >= 4 is 19.8 Å². The van der Waals surface area contributed by atoms with E-state index in [9.17, 15) is 26.3 Å². The molecule has 1 fully saturated rings. The smallest absolute Gasteiger partial charge is 0.316 e. The third-order valence-corrected chi connectivity index (χ3v) is 2.94. The maximum absolute atomic E-state index is 12.4. The standard InChI is InChI=1S/C11H13F3N2.C2HF3O.H2S/c12-11(13,14)10-6-8(2-4-16-10)5-9-1-3-15-7-9;3-2(4,5)1-6;/h2,4,6,9,15H,1,3,5,7H2;1H;1H2/t9-;;/m1../s1. The molecule has 0 bridgehead atoms. The molecule has 1 aromatic rings. The van der Waals surface area contributed by atoms with Crippen molar-refractivity contribution < 1.29 is 31.1 Å². The van der Waals surface area contributed by atoms with Crippen molar-refractivity contribution in [2.24, 2.45) is 5.92 Å². The maximum atomic E-state index is 12.4. The predicted molar refractivity (Wildman–Crippen MR) is 76.4 cm³/mol. The molecule has 0 unspecified atom stereocenters. The number of hydrogen-bond acceptors (Lipinski definition) is 3. The van der Waals surface area contributed by atoms with E-state index in [4.69, 9.17) is 4.79 Å². The summed E-state index contributed by atoms with van der Waals surface area (Å²) in [5.41, 5.74) is -0.0769. The van der Waals surface area contributed by atoms with E-state index in [1.54, 1.807) is 6.07 Å². The Bertz CT molecular complexity index is 486. The molecule has 2 heterocycles. The van der Waals surface area contributed by atoms with E-state index in [1.807, 2.05) is 0 Å². The molecule has 0 aromatic carbocycles.